The van der Waals surface area contributed by atoms with E-state index >= 15 is 0 Å². The molecule has 3 rings (SSSR count). The van der Waals surface area contributed by atoms with Crippen LogP contribution in [0.1, 0.15) is 31.2 Å². The first kappa shape index (κ1) is 19.2. The molecule has 0 aromatic heterocycles. The standard InChI is InChI=1S/C21H33N3O2/c1-22(2)15-16-26-20-9-7-18(8-10-20)17-23-11-4-12-24(14-13-23)21(25)19-5-3-6-19/h7-10,19H,3-6,11-17H2,1-2H3. The summed E-state index contributed by atoms with van der Waals surface area (Å²) in [6, 6.07) is 8.45. The highest BCUT2D eigenvalue weighted by atomic mass is 16.5. The molecule has 0 spiro atoms. The van der Waals surface area contributed by atoms with Crippen molar-refractivity contribution in [1.82, 2.24) is 14.7 Å². The van der Waals surface area contributed by atoms with Crippen LogP contribution in [0.4, 0.5) is 0 Å². The van der Waals surface area contributed by atoms with Gasteiger partial charge in [0.05, 0.1) is 0 Å². The zero-order valence-electron chi connectivity index (χ0n) is 16.3. The van der Waals surface area contributed by atoms with Gasteiger partial charge in [-0.15, -0.1) is 0 Å². The molecule has 1 aromatic carbocycles. The highest BCUT2D eigenvalue weighted by Crippen LogP contribution is 2.28. The van der Waals surface area contributed by atoms with E-state index in [4.69, 9.17) is 4.74 Å². The summed E-state index contributed by atoms with van der Waals surface area (Å²) < 4.78 is 5.76. The Morgan fingerprint density at radius 3 is 2.50 bits per heavy atom. The SMILES string of the molecule is CN(C)CCOc1ccc(CN2CCCN(C(=O)C3CCC3)CC2)cc1. The van der Waals surface area contributed by atoms with Crippen LogP contribution in [0.5, 0.6) is 5.75 Å². The third-order valence-electron chi connectivity index (χ3n) is 5.49. The van der Waals surface area contributed by atoms with E-state index in [9.17, 15) is 4.79 Å². The first-order chi connectivity index (χ1) is 12.6. The third-order valence-corrected chi connectivity index (χ3v) is 5.49. The van der Waals surface area contributed by atoms with E-state index < -0.39 is 0 Å². The number of nitrogens with zero attached hydrogens (tertiary/aromatic N) is 3. The van der Waals surface area contributed by atoms with Crippen molar-refractivity contribution in [2.45, 2.75) is 32.2 Å². The molecule has 1 aromatic rings. The van der Waals surface area contributed by atoms with Crippen molar-refractivity contribution in [1.29, 1.82) is 0 Å². The number of amides is 1. The molecule has 0 atom stereocenters. The summed E-state index contributed by atoms with van der Waals surface area (Å²) in [6.45, 7) is 6.42. The molecule has 0 unspecified atom stereocenters. The zero-order chi connectivity index (χ0) is 18.4. The summed E-state index contributed by atoms with van der Waals surface area (Å²) in [5, 5.41) is 0. The van der Waals surface area contributed by atoms with Gasteiger partial charge in [-0.1, -0.05) is 18.6 Å². The molecule has 0 N–H and O–H groups in total. The normalized spacial score (nSPS) is 19.3. The molecular formula is C21H33N3O2. The van der Waals surface area contributed by atoms with Gasteiger partial charge in [-0.2, -0.15) is 0 Å². The van der Waals surface area contributed by atoms with Gasteiger partial charge in [0.2, 0.25) is 5.91 Å². The number of likely N-dealkylation sites (N-methyl/N-ethyl adjacent to an activating group) is 1. The van der Waals surface area contributed by atoms with Crippen LogP contribution >= 0.6 is 0 Å². The first-order valence-corrected chi connectivity index (χ1v) is 9.99. The fourth-order valence-corrected chi connectivity index (χ4v) is 3.56. The lowest BCUT2D eigenvalue weighted by Crippen LogP contribution is -2.41. The lowest BCUT2D eigenvalue weighted by molar-refractivity contribution is -0.138. The molecule has 1 aliphatic heterocycles. The van der Waals surface area contributed by atoms with Crippen LogP contribution in [-0.4, -0.2) is 74.0 Å². The van der Waals surface area contributed by atoms with Gasteiger partial charge in [0.25, 0.3) is 0 Å². The maximum atomic E-state index is 12.5. The Bertz CT molecular complexity index is 569. The molecule has 5 heteroatoms. The number of benzene rings is 1. The Balaban J connectivity index is 1.44. The highest BCUT2D eigenvalue weighted by molar-refractivity contribution is 5.79. The van der Waals surface area contributed by atoms with Gasteiger partial charge in [0.1, 0.15) is 12.4 Å². The van der Waals surface area contributed by atoms with Gasteiger partial charge in [-0.05, 0) is 51.1 Å². The predicted molar refractivity (Wildman–Crippen MR) is 104 cm³/mol. The molecule has 5 nitrogen and oxygen atoms in total. The quantitative estimate of drug-likeness (QED) is 0.749. The average molecular weight is 360 g/mol. The lowest BCUT2D eigenvalue weighted by atomic mass is 9.84. The molecule has 1 aliphatic carbocycles. The molecule has 0 radical (unpaired) electrons. The van der Waals surface area contributed by atoms with Crippen molar-refractivity contribution in [2.75, 3.05) is 53.4 Å². The number of rotatable bonds is 7. The molecule has 1 amide bonds. The fraction of sp³-hybridized carbons (Fsp3) is 0.667. The van der Waals surface area contributed by atoms with Crippen molar-refractivity contribution in [3.05, 3.63) is 29.8 Å². The molecule has 26 heavy (non-hydrogen) atoms. The maximum Gasteiger partial charge on any atom is 0.225 e. The molecule has 1 saturated heterocycles. The van der Waals surface area contributed by atoms with E-state index in [-0.39, 0.29) is 0 Å². The highest BCUT2D eigenvalue weighted by Gasteiger charge is 2.30. The van der Waals surface area contributed by atoms with Gasteiger partial charge in [-0.25, -0.2) is 0 Å². The number of carbonyl (C=O) groups is 1. The molecule has 144 valence electrons. The monoisotopic (exact) mass is 359 g/mol. The zero-order valence-corrected chi connectivity index (χ0v) is 16.3. The molecule has 1 heterocycles. The van der Waals surface area contributed by atoms with Crippen molar-refractivity contribution < 1.29 is 9.53 Å². The Morgan fingerprint density at radius 2 is 1.85 bits per heavy atom. The van der Waals surface area contributed by atoms with Crippen LogP contribution in [0.3, 0.4) is 0 Å². The fourth-order valence-electron chi connectivity index (χ4n) is 3.56. The molecule has 2 fully saturated rings. The Hall–Kier alpha value is -1.59. The summed E-state index contributed by atoms with van der Waals surface area (Å²) in [5.41, 5.74) is 1.31. The first-order valence-electron chi connectivity index (χ1n) is 9.99. The van der Waals surface area contributed by atoms with Gasteiger partial charge < -0.3 is 14.5 Å². The van der Waals surface area contributed by atoms with E-state index in [1.807, 2.05) is 0 Å². The second-order valence-corrected chi connectivity index (χ2v) is 7.88. The van der Waals surface area contributed by atoms with Crippen LogP contribution in [0.25, 0.3) is 0 Å². The minimum atomic E-state index is 0.321. The van der Waals surface area contributed by atoms with Gasteiger partial charge in [-0.3, -0.25) is 9.69 Å². The summed E-state index contributed by atoms with van der Waals surface area (Å²) >= 11 is 0. The van der Waals surface area contributed by atoms with E-state index in [2.05, 4.69) is 53.1 Å². The van der Waals surface area contributed by atoms with Crippen molar-refractivity contribution in [3.8, 4) is 5.75 Å². The van der Waals surface area contributed by atoms with Gasteiger partial charge in [0, 0.05) is 45.2 Å². The Kier molecular flexibility index (Phi) is 6.92. The van der Waals surface area contributed by atoms with Crippen molar-refractivity contribution >= 4 is 5.91 Å². The van der Waals surface area contributed by atoms with Crippen LogP contribution in [0, 0.1) is 5.92 Å². The van der Waals surface area contributed by atoms with E-state index in [0.717, 1.165) is 64.3 Å². The third kappa shape index (κ3) is 5.45. The van der Waals surface area contributed by atoms with Crippen LogP contribution in [0.15, 0.2) is 24.3 Å². The smallest absolute Gasteiger partial charge is 0.225 e. The van der Waals surface area contributed by atoms with Gasteiger partial charge in [0.15, 0.2) is 0 Å². The largest absolute Gasteiger partial charge is 0.492 e. The summed E-state index contributed by atoms with van der Waals surface area (Å²) in [5.74, 6) is 1.66. The van der Waals surface area contributed by atoms with Crippen LogP contribution in [0.2, 0.25) is 0 Å². The summed E-state index contributed by atoms with van der Waals surface area (Å²) in [6.07, 6.45) is 4.50. The van der Waals surface area contributed by atoms with E-state index in [1.165, 1.54) is 12.0 Å². The predicted octanol–water partition coefficient (Wildman–Crippen LogP) is 2.46. The average Bonchev–Trinajstić information content (AvgIpc) is 2.80. The van der Waals surface area contributed by atoms with Gasteiger partial charge >= 0.3 is 0 Å². The van der Waals surface area contributed by atoms with Crippen LogP contribution < -0.4 is 4.74 Å². The minimum Gasteiger partial charge on any atom is -0.492 e. The Morgan fingerprint density at radius 1 is 1.08 bits per heavy atom. The summed E-state index contributed by atoms with van der Waals surface area (Å²) in [4.78, 5) is 19.1. The lowest BCUT2D eigenvalue weighted by Gasteiger charge is -2.31. The second kappa shape index (κ2) is 9.38. The number of hydrogen-bond acceptors (Lipinski definition) is 4. The molecule has 2 aliphatic rings. The molecular weight excluding hydrogens is 326 g/mol. The van der Waals surface area contributed by atoms with E-state index in [1.54, 1.807) is 0 Å². The number of hydrogen-bond donors (Lipinski definition) is 0. The van der Waals surface area contributed by atoms with Crippen molar-refractivity contribution in [3.63, 3.8) is 0 Å². The maximum absolute atomic E-state index is 12.5. The number of ether oxygens (including phenoxy) is 1. The summed E-state index contributed by atoms with van der Waals surface area (Å²) in [7, 11) is 4.10. The van der Waals surface area contributed by atoms with E-state index in [0.29, 0.717) is 18.4 Å². The minimum absolute atomic E-state index is 0.321. The number of carbonyl (C=O) groups excluding carboxylic acids is 1. The Labute approximate surface area is 157 Å². The molecule has 1 saturated carbocycles. The van der Waals surface area contributed by atoms with Crippen LogP contribution in [-0.2, 0) is 11.3 Å². The second-order valence-electron chi connectivity index (χ2n) is 7.88. The topological polar surface area (TPSA) is 36.0 Å². The van der Waals surface area contributed by atoms with Crippen molar-refractivity contribution in [2.24, 2.45) is 5.92 Å². The molecule has 0 bridgehead atoms.